The molecule has 8 nitrogen and oxygen atoms in total. The van der Waals surface area contributed by atoms with E-state index in [0.29, 0.717) is 42.1 Å². The third kappa shape index (κ3) is 7.69. The third-order valence-electron chi connectivity index (χ3n) is 6.98. The molecule has 1 atom stereocenters. The minimum Gasteiger partial charge on any atom is -0.493 e. The summed E-state index contributed by atoms with van der Waals surface area (Å²) in [6.07, 6.45) is 1.51. The van der Waals surface area contributed by atoms with Crippen LogP contribution in [0.15, 0.2) is 102 Å². The number of rotatable bonds is 14. The average molecular weight is 590 g/mol. The Morgan fingerprint density at radius 3 is 2.19 bits per heavy atom. The molecule has 4 aromatic carbocycles. The van der Waals surface area contributed by atoms with E-state index < -0.39 is 27.4 Å². The van der Waals surface area contributed by atoms with E-state index in [1.54, 1.807) is 29.7 Å². The van der Waals surface area contributed by atoms with Crippen LogP contribution in [0.25, 0.3) is 11.1 Å². The summed E-state index contributed by atoms with van der Waals surface area (Å²) in [6.45, 7) is 0.339. The minimum absolute atomic E-state index is 0.0147. The zero-order valence-corrected chi connectivity index (χ0v) is 24.5. The van der Waals surface area contributed by atoms with E-state index in [2.05, 4.69) is 0 Å². The SMILES string of the molecule is COc1ccc(S(=O)(=O)CC(CCCc2ccccc2)C(=O)NO)c(-c2cccc(OCc3ccccc3)c2)c1OC. The van der Waals surface area contributed by atoms with Crippen molar-refractivity contribution in [3.63, 3.8) is 0 Å². The van der Waals surface area contributed by atoms with Crippen molar-refractivity contribution in [3.05, 3.63) is 108 Å². The Morgan fingerprint density at radius 1 is 0.857 bits per heavy atom. The highest BCUT2D eigenvalue weighted by atomic mass is 32.2. The number of hydrogen-bond donors (Lipinski definition) is 2. The van der Waals surface area contributed by atoms with Crippen molar-refractivity contribution in [3.8, 4) is 28.4 Å². The number of ether oxygens (including phenoxy) is 3. The lowest BCUT2D eigenvalue weighted by Crippen LogP contribution is -2.33. The van der Waals surface area contributed by atoms with Gasteiger partial charge in [0.15, 0.2) is 21.3 Å². The van der Waals surface area contributed by atoms with Crippen molar-refractivity contribution in [2.45, 2.75) is 30.8 Å². The number of carbonyl (C=O) groups is 1. The molecule has 0 saturated carbocycles. The second-order valence-electron chi connectivity index (χ2n) is 9.81. The summed E-state index contributed by atoms with van der Waals surface area (Å²) in [5.74, 6) is -1.07. The molecule has 0 bridgehead atoms. The zero-order valence-electron chi connectivity index (χ0n) is 23.7. The van der Waals surface area contributed by atoms with Crippen molar-refractivity contribution >= 4 is 15.7 Å². The molecule has 0 aromatic heterocycles. The van der Waals surface area contributed by atoms with Crippen LogP contribution in [0.2, 0.25) is 0 Å². The Hall–Kier alpha value is -4.34. The van der Waals surface area contributed by atoms with E-state index >= 15 is 0 Å². The highest BCUT2D eigenvalue weighted by molar-refractivity contribution is 7.91. The summed E-state index contributed by atoms with van der Waals surface area (Å²) in [6, 6.07) is 29.5. The van der Waals surface area contributed by atoms with E-state index in [0.717, 1.165) is 11.1 Å². The Morgan fingerprint density at radius 2 is 1.55 bits per heavy atom. The number of hydrogen-bond acceptors (Lipinski definition) is 7. The summed E-state index contributed by atoms with van der Waals surface area (Å²) in [7, 11) is -1.14. The first-order valence-corrected chi connectivity index (χ1v) is 15.2. The van der Waals surface area contributed by atoms with Crippen LogP contribution in [-0.2, 0) is 27.7 Å². The number of sulfone groups is 1. The van der Waals surface area contributed by atoms with Gasteiger partial charge >= 0.3 is 0 Å². The summed E-state index contributed by atoms with van der Waals surface area (Å²) in [5, 5.41) is 9.39. The minimum atomic E-state index is -4.06. The number of carbonyl (C=O) groups excluding carboxylic acids is 1. The smallest absolute Gasteiger partial charge is 0.247 e. The van der Waals surface area contributed by atoms with E-state index in [9.17, 15) is 18.4 Å². The first-order chi connectivity index (χ1) is 20.4. The van der Waals surface area contributed by atoms with E-state index in [-0.39, 0.29) is 17.1 Å². The van der Waals surface area contributed by atoms with Gasteiger partial charge in [-0.2, -0.15) is 0 Å². The maximum absolute atomic E-state index is 14.0. The molecule has 0 radical (unpaired) electrons. The van der Waals surface area contributed by atoms with Gasteiger partial charge in [-0.05, 0) is 60.2 Å². The normalized spacial score (nSPS) is 11.9. The van der Waals surface area contributed by atoms with Gasteiger partial charge in [0.1, 0.15) is 12.4 Å². The lowest BCUT2D eigenvalue weighted by Gasteiger charge is -2.20. The molecule has 1 amide bonds. The van der Waals surface area contributed by atoms with E-state index in [1.807, 2.05) is 60.7 Å². The number of amides is 1. The molecule has 0 fully saturated rings. The summed E-state index contributed by atoms with van der Waals surface area (Å²) in [4.78, 5) is 12.6. The van der Waals surface area contributed by atoms with Crippen molar-refractivity contribution in [1.82, 2.24) is 5.48 Å². The van der Waals surface area contributed by atoms with Crippen LogP contribution in [0.1, 0.15) is 24.0 Å². The van der Waals surface area contributed by atoms with Crippen molar-refractivity contribution in [2.75, 3.05) is 20.0 Å². The third-order valence-corrected chi connectivity index (χ3v) is 8.83. The topological polar surface area (TPSA) is 111 Å². The highest BCUT2D eigenvalue weighted by Crippen LogP contribution is 2.44. The molecule has 4 aromatic rings. The van der Waals surface area contributed by atoms with Gasteiger partial charge in [0.25, 0.3) is 0 Å². The van der Waals surface area contributed by atoms with Gasteiger partial charge in [-0.1, -0.05) is 72.8 Å². The van der Waals surface area contributed by atoms with Gasteiger partial charge < -0.3 is 14.2 Å². The fourth-order valence-corrected chi connectivity index (χ4v) is 6.68. The predicted molar refractivity (Wildman–Crippen MR) is 161 cm³/mol. The number of methoxy groups -OCH3 is 2. The Bertz CT molecular complexity index is 1580. The van der Waals surface area contributed by atoms with Crippen LogP contribution >= 0.6 is 0 Å². The van der Waals surface area contributed by atoms with E-state index in [1.165, 1.54) is 26.4 Å². The van der Waals surface area contributed by atoms with Crippen LogP contribution in [0.4, 0.5) is 0 Å². The Balaban J connectivity index is 1.66. The maximum Gasteiger partial charge on any atom is 0.247 e. The fourth-order valence-electron chi connectivity index (χ4n) is 4.86. The summed E-state index contributed by atoms with van der Waals surface area (Å²) < 4.78 is 45.1. The first-order valence-electron chi connectivity index (χ1n) is 13.6. The van der Waals surface area contributed by atoms with Gasteiger partial charge in [0.2, 0.25) is 5.91 Å². The molecule has 0 aliphatic heterocycles. The zero-order chi connectivity index (χ0) is 30.0. The van der Waals surface area contributed by atoms with E-state index in [4.69, 9.17) is 14.2 Å². The van der Waals surface area contributed by atoms with Gasteiger partial charge in [0, 0.05) is 5.56 Å². The standard InChI is InChI=1S/C33H35NO7S/c1-39-29-19-20-30(42(37,38)23-27(33(35)34-36)17-9-15-24-11-5-3-6-12-24)31(32(29)40-2)26-16-10-18-28(21-26)41-22-25-13-7-4-8-14-25/h3-8,10-14,16,18-21,27,36H,9,15,17,22-23H2,1-2H3,(H,34,35). The lowest BCUT2D eigenvalue weighted by atomic mass is 10.0. The number of aryl methyl sites for hydroxylation is 1. The molecule has 0 spiro atoms. The molecule has 1 unspecified atom stereocenters. The van der Waals surface area contributed by atoms with Gasteiger partial charge in [-0.25, -0.2) is 13.9 Å². The van der Waals surface area contributed by atoms with Crippen LogP contribution in [0.3, 0.4) is 0 Å². The van der Waals surface area contributed by atoms with Crippen molar-refractivity contribution in [2.24, 2.45) is 5.92 Å². The molecule has 4 rings (SSSR count). The molecule has 0 heterocycles. The largest absolute Gasteiger partial charge is 0.493 e. The highest BCUT2D eigenvalue weighted by Gasteiger charge is 2.31. The fraction of sp³-hybridized carbons (Fsp3) is 0.242. The average Bonchev–Trinajstić information content (AvgIpc) is 3.03. The van der Waals surface area contributed by atoms with Crippen molar-refractivity contribution < 1.29 is 32.6 Å². The van der Waals surface area contributed by atoms with Crippen molar-refractivity contribution in [1.29, 1.82) is 0 Å². The molecule has 0 aliphatic rings. The molecular weight excluding hydrogens is 554 g/mol. The Kier molecular flexibility index (Phi) is 10.6. The van der Waals surface area contributed by atoms with Gasteiger partial charge in [-0.3, -0.25) is 10.0 Å². The maximum atomic E-state index is 14.0. The molecule has 9 heteroatoms. The van der Waals surface area contributed by atoms with Crippen LogP contribution < -0.4 is 19.7 Å². The summed E-state index contributed by atoms with van der Waals surface area (Å²) in [5.41, 5.74) is 4.56. The molecule has 0 aliphatic carbocycles. The van der Waals surface area contributed by atoms with Crippen LogP contribution in [0, 0.1) is 5.92 Å². The number of nitrogens with one attached hydrogen (secondary N) is 1. The monoisotopic (exact) mass is 589 g/mol. The summed E-state index contributed by atoms with van der Waals surface area (Å²) >= 11 is 0. The Labute approximate surface area is 246 Å². The van der Waals surface area contributed by atoms with Crippen LogP contribution in [-0.4, -0.2) is 39.5 Å². The van der Waals surface area contributed by atoms with Crippen LogP contribution in [0.5, 0.6) is 17.2 Å². The molecule has 42 heavy (non-hydrogen) atoms. The number of hydroxylamine groups is 1. The quantitative estimate of drug-likeness (QED) is 0.140. The molecule has 220 valence electrons. The van der Waals surface area contributed by atoms with Gasteiger partial charge in [-0.15, -0.1) is 0 Å². The molecule has 2 N–H and O–H groups in total. The lowest BCUT2D eigenvalue weighted by molar-refractivity contribution is -0.132. The second-order valence-corrected chi connectivity index (χ2v) is 11.8. The predicted octanol–water partition coefficient (Wildman–Crippen LogP) is 5.87. The molecule has 0 saturated heterocycles. The molecular formula is C33H35NO7S. The second kappa shape index (κ2) is 14.5. The number of benzene rings is 4. The first kappa shape index (κ1) is 30.6. The van der Waals surface area contributed by atoms with Gasteiger partial charge in [0.05, 0.1) is 30.8 Å².